The van der Waals surface area contributed by atoms with Crippen molar-refractivity contribution in [3.63, 3.8) is 0 Å². The summed E-state index contributed by atoms with van der Waals surface area (Å²) in [5.74, 6) is -0.647. The van der Waals surface area contributed by atoms with Gasteiger partial charge in [0.2, 0.25) is 0 Å². The van der Waals surface area contributed by atoms with E-state index in [1.165, 1.54) is 41.7 Å². The molecule has 0 fully saturated rings. The zero-order valence-electron chi connectivity index (χ0n) is 17.9. The van der Waals surface area contributed by atoms with Gasteiger partial charge < -0.3 is 0 Å². The van der Waals surface area contributed by atoms with Crippen LogP contribution in [0.4, 0.5) is 5.69 Å². The number of anilines is 1. The molecule has 7 nitrogen and oxygen atoms in total. The number of esters is 1. The van der Waals surface area contributed by atoms with Crippen LogP contribution in [0.5, 0.6) is 0 Å². The van der Waals surface area contributed by atoms with E-state index in [-0.39, 0.29) is 32.7 Å². The van der Waals surface area contributed by atoms with Crippen LogP contribution in [0.1, 0.15) is 36.6 Å². The Morgan fingerprint density at radius 3 is 2.62 bits per heavy atom. The molecule has 0 spiro atoms. The van der Waals surface area contributed by atoms with Crippen LogP contribution in [0.15, 0.2) is 65.6 Å². The number of hydrogen-bond acceptors (Lipinski definition) is 6. The number of ether oxygens (including phenoxy) is 1. The van der Waals surface area contributed by atoms with E-state index in [0.717, 1.165) is 5.56 Å². The summed E-state index contributed by atoms with van der Waals surface area (Å²) in [4.78, 5) is 36.3. The quantitative estimate of drug-likeness (QED) is 0.251. The fourth-order valence-electron chi connectivity index (χ4n) is 3.68. The zero-order chi connectivity index (χ0) is 24.5. The first-order valence-electron chi connectivity index (χ1n) is 10.1. The molecule has 0 saturated heterocycles. The summed E-state index contributed by atoms with van der Waals surface area (Å²) >= 11 is 4.83. The molecule has 0 aromatic heterocycles. The molecule has 3 aromatic carbocycles. The standard InChI is InChI=1S/C24H18AsClNO6S/c1-33-24(30)20-11-15(14-28)5-7-21(20)25-23(29)17-3-2-4-19(13-17)34(31,32)27-10-9-16-12-18(26)6-8-22(16)27/h2-8,11-14H,9-10H2,1H3. The van der Waals surface area contributed by atoms with Crippen LogP contribution in [0.2, 0.25) is 5.02 Å². The third kappa shape index (κ3) is 4.66. The average Bonchev–Trinajstić information content (AvgIpc) is 3.27. The van der Waals surface area contributed by atoms with E-state index in [1.54, 1.807) is 30.3 Å². The van der Waals surface area contributed by atoms with Crippen molar-refractivity contribution in [3.05, 3.63) is 87.9 Å². The van der Waals surface area contributed by atoms with Crippen LogP contribution in [-0.2, 0) is 21.2 Å². The van der Waals surface area contributed by atoms with Gasteiger partial charge in [0, 0.05) is 0 Å². The van der Waals surface area contributed by atoms with E-state index in [2.05, 4.69) is 0 Å². The summed E-state index contributed by atoms with van der Waals surface area (Å²) in [6.45, 7) is 0.285. The molecule has 4 rings (SSSR count). The van der Waals surface area contributed by atoms with E-state index in [4.69, 9.17) is 16.3 Å². The molecule has 0 unspecified atom stereocenters. The van der Waals surface area contributed by atoms with Crippen LogP contribution < -0.4 is 8.66 Å². The summed E-state index contributed by atoms with van der Waals surface area (Å²) in [6.07, 6.45) is 1.15. The van der Waals surface area contributed by atoms with Crippen LogP contribution in [0.3, 0.4) is 0 Å². The maximum atomic E-state index is 13.4. The monoisotopic (exact) mass is 558 g/mol. The van der Waals surface area contributed by atoms with E-state index in [9.17, 15) is 22.8 Å². The number of fused-ring (bicyclic) bond motifs is 1. The third-order valence-corrected chi connectivity index (χ3v) is 9.68. The van der Waals surface area contributed by atoms with Gasteiger partial charge in [0.15, 0.2) is 0 Å². The van der Waals surface area contributed by atoms with Gasteiger partial charge in [0.1, 0.15) is 0 Å². The fourth-order valence-corrected chi connectivity index (χ4v) is 7.34. The van der Waals surface area contributed by atoms with Gasteiger partial charge >= 0.3 is 209 Å². The Labute approximate surface area is 208 Å². The summed E-state index contributed by atoms with van der Waals surface area (Å²) < 4.78 is 33.0. The van der Waals surface area contributed by atoms with Gasteiger partial charge in [-0.15, -0.1) is 0 Å². The van der Waals surface area contributed by atoms with Crippen molar-refractivity contribution >= 4 is 64.2 Å². The Morgan fingerprint density at radius 1 is 1.09 bits per heavy atom. The maximum absolute atomic E-state index is 13.4. The Kier molecular flexibility index (Phi) is 6.93. The molecule has 173 valence electrons. The normalized spacial score (nSPS) is 13.2. The molecule has 1 heterocycles. The number of halogens is 1. The number of benzene rings is 3. The number of nitrogens with zero attached hydrogens (tertiary/aromatic N) is 1. The molecular formula is C24H18AsClNO6S. The number of carbonyl (C=O) groups excluding carboxylic acids is 3. The predicted molar refractivity (Wildman–Crippen MR) is 129 cm³/mol. The number of aldehydes is 1. The number of hydrogen-bond donors (Lipinski definition) is 0. The van der Waals surface area contributed by atoms with Crippen molar-refractivity contribution in [1.82, 2.24) is 0 Å². The molecule has 1 aliphatic rings. The Morgan fingerprint density at radius 2 is 1.88 bits per heavy atom. The average molecular weight is 559 g/mol. The molecule has 10 heteroatoms. The SMILES string of the molecule is COC(=O)c1cc(C=O)ccc1[As]C(=O)c1cccc(S(=O)(=O)N2CCc3cc(Cl)ccc32)c1. The zero-order valence-corrected chi connectivity index (χ0v) is 21.3. The second-order valence-electron chi connectivity index (χ2n) is 7.43. The Balaban J connectivity index is 1.63. The van der Waals surface area contributed by atoms with Crippen LogP contribution >= 0.6 is 11.6 Å². The predicted octanol–water partition coefficient (Wildman–Crippen LogP) is 2.86. The number of sulfonamides is 1. The molecule has 34 heavy (non-hydrogen) atoms. The van der Waals surface area contributed by atoms with Crippen molar-refractivity contribution in [1.29, 1.82) is 0 Å². The van der Waals surface area contributed by atoms with Crippen molar-refractivity contribution in [2.24, 2.45) is 0 Å². The topological polar surface area (TPSA) is 97.8 Å². The van der Waals surface area contributed by atoms with Gasteiger partial charge in [0.25, 0.3) is 0 Å². The molecule has 0 aliphatic carbocycles. The second-order valence-corrected chi connectivity index (χ2v) is 12.1. The van der Waals surface area contributed by atoms with Crippen molar-refractivity contribution in [2.75, 3.05) is 18.0 Å². The van der Waals surface area contributed by atoms with Gasteiger partial charge in [-0.3, -0.25) is 0 Å². The molecule has 0 N–H and O–H groups in total. The molecular weight excluding hydrogens is 541 g/mol. The number of carbonyl (C=O) groups is 3. The molecule has 0 atom stereocenters. The van der Waals surface area contributed by atoms with Gasteiger partial charge in [-0.2, -0.15) is 0 Å². The van der Waals surface area contributed by atoms with Gasteiger partial charge in [-0.1, -0.05) is 0 Å². The van der Waals surface area contributed by atoms with Crippen molar-refractivity contribution in [2.45, 2.75) is 11.3 Å². The Hall–Kier alpha value is -2.93. The summed E-state index contributed by atoms with van der Waals surface area (Å²) in [7, 11) is -2.67. The summed E-state index contributed by atoms with van der Waals surface area (Å²) in [6, 6.07) is 15.4. The van der Waals surface area contributed by atoms with Gasteiger partial charge in [-0.25, -0.2) is 0 Å². The van der Waals surface area contributed by atoms with Crippen molar-refractivity contribution < 1.29 is 27.5 Å². The first-order valence-corrected chi connectivity index (χ1v) is 13.8. The van der Waals surface area contributed by atoms with E-state index >= 15 is 0 Å². The van der Waals surface area contributed by atoms with Crippen LogP contribution in [-0.4, -0.2) is 54.7 Å². The molecule has 3 aromatic rings. The molecule has 0 bridgehead atoms. The third-order valence-electron chi connectivity index (χ3n) is 5.35. The molecule has 1 aliphatic heterocycles. The molecule has 0 saturated carbocycles. The van der Waals surface area contributed by atoms with E-state index in [1.807, 2.05) is 0 Å². The van der Waals surface area contributed by atoms with Gasteiger partial charge in [-0.05, 0) is 0 Å². The molecule has 0 amide bonds. The first-order chi connectivity index (χ1) is 16.2. The minimum atomic E-state index is -3.89. The number of rotatable bonds is 7. The van der Waals surface area contributed by atoms with Crippen LogP contribution in [0, 0.1) is 0 Å². The first kappa shape index (κ1) is 24.2. The summed E-state index contributed by atoms with van der Waals surface area (Å²) in [5, 5.41) is 0.543. The molecule has 1 radical (unpaired) electrons. The van der Waals surface area contributed by atoms with Gasteiger partial charge in [0.05, 0.1) is 0 Å². The minimum absolute atomic E-state index is 0.00634. The van der Waals surface area contributed by atoms with E-state index < -0.39 is 31.7 Å². The Bertz CT molecular complexity index is 1420. The van der Waals surface area contributed by atoms with E-state index in [0.29, 0.717) is 27.8 Å². The summed E-state index contributed by atoms with van der Waals surface area (Å²) in [5.41, 5.74) is 2.09. The second kappa shape index (κ2) is 9.74. The number of methoxy groups -OCH3 is 1. The van der Waals surface area contributed by atoms with Crippen molar-refractivity contribution in [3.8, 4) is 0 Å². The fraction of sp³-hybridized carbons (Fsp3) is 0.125. The van der Waals surface area contributed by atoms with Crippen LogP contribution in [0.25, 0.3) is 0 Å².